The monoisotopic (exact) mass is 429 g/mol. The molecule has 0 bridgehead atoms. The van der Waals surface area contributed by atoms with Crippen LogP contribution < -0.4 is 19.7 Å². The van der Waals surface area contributed by atoms with E-state index in [2.05, 4.69) is 15.3 Å². The maximum absolute atomic E-state index is 11.9. The minimum atomic E-state index is -0.517. The van der Waals surface area contributed by atoms with Gasteiger partial charge < -0.3 is 19.7 Å². The zero-order valence-corrected chi connectivity index (χ0v) is 17.4. The SMILES string of the molecule is COc1cc(OC)c(Nc2ncnc(N(C)Cc3ccccc3)c2[N+](=O)[O-])cc1Cl. The van der Waals surface area contributed by atoms with Crippen molar-refractivity contribution in [3.05, 3.63) is 69.5 Å². The normalized spacial score (nSPS) is 10.4. The van der Waals surface area contributed by atoms with Crippen LogP contribution in [0.15, 0.2) is 48.8 Å². The number of rotatable bonds is 8. The number of hydrogen-bond acceptors (Lipinski definition) is 8. The fraction of sp³-hybridized carbons (Fsp3) is 0.200. The van der Waals surface area contributed by atoms with Crippen molar-refractivity contribution in [2.24, 2.45) is 0 Å². The Hall–Kier alpha value is -3.59. The number of nitrogens with one attached hydrogen (secondary N) is 1. The quantitative estimate of drug-likeness (QED) is 0.414. The molecule has 156 valence electrons. The molecule has 9 nitrogen and oxygen atoms in total. The Bertz CT molecular complexity index is 1050. The summed E-state index contributed by atoms with van der Waals surface area (Å²) in [5.74, 6) is 1.01. The fourth-order valence-corrected chi connectivity index (χ4v) is 3.17. The second kappa shape index (κ2) is 9.27. The molecule has 3 rings (SSSR count). The van der Waals surface area contributed by atoms with Crippen molar-refractivity contribution < 1.29 is 14.4 Å². The maximum Gasteiger partial charge on any atom is 0.353 e. The molecule has 0 saturated heterocycles. The van der Waals surface area contributed by atoms with E-state index in [1.165, 1.54) is 20.5 Å². The Morgan fingerprint density at radius 3 is 2.47 bits per heavy atom. The smallest absolute Gasteiger partial charge is 0.353 e. The number of aromatic nitrogens is 2. The predicted molar refractivity (Wildman–Crippen MR) is 115 cm³/mol. The zero-order chi connectivity index (χ0) is 21.7. The number of nitrogens with zero attached hydrogens (tertiary/aromatic N) is 4. The number of ether oxygens (including phenoxy) is 2. The van der Waals surface area contributed by atoms with Gasteiger partial charge in [-0.1, -0.05) is 41.9 Å². The Morgan fingerprint density at radius 1 is 1.13 bits per heavy atom. The number of methoxy groups -OCH3 is 2. The largest absolute Gasteiger partial charge is 0.495 e. The Balaban J connectivity index is 1.99. The van der Waals surface area contributed by atoms with Crippen LogP contribution in [-0.2, 0) is 6.54 Å². The number of anilines is 3. The van der Waals surface area contributed by atoms with Gasteiger partial charge in [-0.25, -0.2) is 9.97 Å². The molecule has 0 saturated carbocycles. The minimum Gasteiger partial charge on any atom is -0.495 e. The van der Waals surface area contributed by atoms with Crippen LogP contribution in [0, 0.1) is 10.1 Å². The summed E-state index contributed by atoms with van der Waals surface area (Å²) in [7, 11) is 4.69. The van der Waals surface area contributed by atoms with Gasteiger partial charge in [-0.05, 0) is 11.6 Å². The first-order valence-corrected chi connectivity index (χ1v) is 9.25. The molecule has 0 aliphatic carbocycles. The van der Waals surface area contributed by atoms with E-state index >= 15 is 0 Å². The van der Waals surface area contributed by atoms with Gasteiger partial charge in [0.15, 0.2) is 0 Å². The molecule has 0 aliphatic rings. The third-order valence-electron chi connectivity index (χ3n) is 4.34. The average molecular weight is 430 g/mol. The van der Waals surface area contributed by atoms with Crippen molar-refractivity contribution in [3.8, 4) is 11.5 Å². The predicted octanol–water partition coefficient (Wildman–Crippen LogP) is 4.44. The van der Waals surface area contributed by atoms with Crippen LogP contribution in [-0.4, -0.2) is 36.2 Å². The van der Waals surface area contributed by atoms with Gasteiger partial charge in [0.05, 0.1) is 29.9 Å². The lowest BCUT2D eigenvalue weighted by molar-refractivity contribution is -0.383. The standard InChI is InChI=1S/C20H20ClN5O4/c1-25(11-13-7-5-4-6-8-13)20-18(26(27)28)19(22-12-23-20)24-15-9-14(21)16(29-2)10-17(15)30-3/h4-10,12H,11H2,1-3H3,(H,22,23,24). The summed E-state index contributed by atoms with van der Waals surface area (Å²) in [5.41, 5.74) is 1.14. The van der Waals surface area contributed by atoms with E-state index in [-0.39, 0.29) is 17.3 Å². The molecule has 1 N–H and O–H groups in total. The van der Waals surface area contributed by atoms with E-state index in [1.54, 1.807) is 24.1 Å². The van der Waals surface area contributed by atoms with Gasteiger partial charge in [-0.2, -0.15) is 0 Å². The molecule has 0 fully saturated rings. The van der Waals surface area contributed by atoms with Crippen molar-refractivity contribution in [2.45, 2.75) is 6.54 Å². The Kier molecular flexibility index (Phi) is 6.53. The van der Waals surface area contributed by atoms with Crippen LogP contribution in [0.2, 0.25) is 5.02 Å². The lowest BCUT2D eigenvalue weighted by atomic mass is 10.2. The first kappa shape index (κ1) is 21.1. The first-order valence-electron chi connectivity index (χ1n) is 8.87. The first-order chi connectivity index (χ1) is 14.4. The molecule has 10 heteroatoms. The lowest BCUT2D eigenvalue weighted by Crippen LogP contribution is -2.20. The van der Waals surface area contributed by atoms with Crippen molar-refractivity contribution in [3.63, 3.8) is 0 Å². The second-order valence-corrected chi connectivity index (χ2v) is 6.71. The van der Waals surface area contributed by atoms with E-state index in [9.17, 15) is 10.1 Å². The minimum absolute atomic E-state index is 0.0180. The average Bonchev–Trinajstić information content (AvgIpc) is 2.74. The highest BCUT2D eigenvalue weighted by atomic mass is 35.5. The molecular formula is C20H20ClN5O4. The number of benzene rings is 2. The highest BCUT2D eigenvalue weighted by Crippen LogP contribution is 2.40. The van der Waals surface area contributed by atoms with Gasteiger partial charge in [0, 0.05) is 19.7 Å². The van der Waals surface area contributed by atoms with Gasteiger partial charge in [0.25, 0.3) is 0 Å². The summed E-state index contributed by atoms with van der Waals surface area (Å²) in [4.78, 5) is 21.3. The fourth-order valence-electron chi connectivity index (χ4n) is 2.93. The topological polar surface area (TPSA) is 103 Å². The van der Waals surface area contributed by atoms with Gasteiger partial charge in [-0.3, -0.25) is 10.1 Å². The Morgan fingerprint density at radius 2 is 1.83 bits per heavy atom. The molecule has 2 aromatic carbocycles. The summed E-state index contributed by atoms with van der Waals surface area (Å²) < 4.78 is 10.5. The molecular weight excluding hydrogens is 410 g/mol. The third kappa shape index (κ3) is 4.52. The number of halogens is 1. The summed E-state index contributed by atoms with van der Waals surface area (Å²) in [6.45, 7) is 0.440. The van der Waals surface area contributed by atoms with Gasteiger partial charge in [-0.15, -0.1) is 0 Å². The van der Waals surface area contributed by atoms with Crippen LogP contribution >= 0.6 is 11.6 Å². The highest BCUT2D eigenvalue weighted by molar-refractivity contribution is 6.32. The van der Waals surface area contributed by atoms with E-state index in [0.717, 1.165) is 5.56 Å². The third-order valence-corrected chi connectivity index (χ3v) is 4.63. The number of hydrogen-bond donors (Lipinski definition) is 1. The molecule has 3 aromatic rings. The molecule has 30 heavy (non-hydrogen) atoms. The maximum atomic E-state index is 11.9. The van der Waals surface area contributed by atoms with E-state index < -0.39 is 4.92 Å². The lowest BCUT2D eigenvalue weighted by Gasteiger charge is -2.19. The molecule has 0 atom stereocenters. The van der Waals surface area contributed by atoms with Gasteiger partial charge >= 0.3 is 5.69 Å². The van der Waals surface area contributed by atoms with Crippen molar-refractivity contribution in [1.29, 1.82) is 0 Å². The van der Waals surface area contributed by atoms with Gasteiger partial charge in [0.1, 0.15) is 17.8 Å². The van der Waals surface area contributed by atoms with Crippen molar-refractivity contribution >= 4 is 34.6 Å². The van der Waals surface area contributed by atoms with E-state index in [0.29, 0.717) is 28.8 Å². The molecule has 0 unspecified atom stereocenters. The molecule has 0 spiro atoms. The summed E-state index contributed by atoms with van der Waals surface area (Å²) >= 11 is 6.20. The van der Waals surface area contributed by atoms with Crippen LogP contribution in [0.5, 0.6) is 11.5 Å². The summed E-state index contributed by atoms with van der Waals surface area (Å²) in [6, 6.07) is 12.7. The van der Waals surface area contributed by atoms with Crippen LogP contribution in [0.3, 0.4) is 0 Å². The highest BCUT2D eigenvalue weighted by Gasteiger charge is 2.26. The number of nitro groups is 1. The van der Waals surface area contributed by atoms with Crippen molar-refractivity contribution in [2.75, 3.05) is 31.5 Å². The molecule has 1 aromatic heterocycles. The second-order valence-electron chi connectivity index (χ2n) is 6.31. The molecule has 0 amide bonds. The van der Waals surface area contributed by atoms with Gasteiger partial charge in [0.2, 0.25) is 11.6 Å². The zero-order valence-electron chi connectivity index (χ0n) is 16.6. The molecule has 0 aliphatic heterocycles. The van der Waals surface area contributed by atoms with E-state index in [4.69, 9.17) is 21.1 Å². The van der Waals surface area contributed by atoms with Crippen LogP contribution in [0.25, 0.3) is 0 Å². The van der Waals surface area contributed by atoms with Crippen LogP contribution in [0.1, 0.15) is 5.56 Å². The molecule has 1 heterocycles. The van der Waals surface area contributed by atoms with E-state index in [1.807, 2.05) is 30.3 Å². The van der Waals surface area contributed by atoms with Crippen LogP contribution in [0.4, 0.5) is 23.0 Å². The molecule has 0 radical (unpaired) electrons. The Labute approximate surface area is 178 Å². The summed E-state index contributed by atoms with van der Waals surface area (Å²) in [6.07, 6.45) is 1.27. The van der Waals surface area contributed by atoms with Crippen molar-refractivity contribution in [1.82, 2.24) is 9.97 Å². The summed E-state index contributed by atoms with van der Waals surface area (Å²) in [5, 5.41) is 15.2.